The summed E-state index contributed by atoms with van der Waals surface area (Å²) < 4.78 is 21.1. The molecule has 0 aliphatic heterocycles. The van der Waals surface area contributed by atoms with E-state index in [2.05, 4.69) is 0 Å². The van der Waals surface area contributed by atoms with E-state index in [1.807, 2.05) is 0 Å². The van der Waals surface area contributed by atoms with Gasteiger partial charge in [0.1, 0.15) is 16.9 Å². The third kappa shape index (κ3) is 4.73. The Kier molecular flexibility index (Phi) is 6.54. The van der Waals surface area contributed by atoms with Crippen LogP contribution < -0.4 is 19.8 Å². The van der Waals surface area contributed by atoms with Crippen molar-refractivity contribution in [1.82, 2.24) is 0 Å². The van der Waals surface area contributed by atoms with Crippen molar-refractivity contribution in [2.24, 2.45) is 0 Å². The number of ketones is 1. The Morgan fingerprint density at radius 1 is 0.794 bits per heavy atom. The Morgan fingerprint density at radius 3 is 2.32 bits per heavy atom. The Bertz CT molecular complexity index is 1460. The predicted molar refractivity (Wildman–Crippen MR) is 127 cm³/mol. The van der Waals surface area contributed by atoms with Gasteiger partial charge in [0, 0.05) is 5.39 Å². The summed E-state index contributed by atoms with van der Waals surface area (Å²) in [5.41, 5.74) is 0.162. The molecule has 0 saturated heterocycles. The fraction of sp³-hybridized carbons (Fsp3) is 0.0741. The van der Waals surface area contributed by atoms with Gasteiger partial charge in [-0.3, -0.25) is 4.79 Å². The first kappa shape index (κ1) is 22.5. The van der Waals surface area contributed by atoms with E-state index in [4.69, 9.17) is 18.6 Å². The second-order valence-electron chi connectivity index (χ2n) is 7.18. The standard InChI is InChI=1S/C27H20O7/c1-31-24-14-12-17(15-25(24)32-2)11-13-21(28)19-8-4-6-10-23(19)34-27(30)20-16-18-7-3-5-9-22(18)33-26(20)29/h3-16H,1-2H3/b13-11+. The lowest BCUT2D eigenvalue weighted by molar-refractivity contribution is 0.0729. The van der Waals surface area contributed by atoms with Crippen LogP contribution >= 0.6 is 0 Å². The molecule has 7 nitrogen and oxygen atoms in total. The predicted octanol–water partition coefficient (Wildman–Crippen LogP) is 4.93. The quantitative estimate of drug-likeness (QED) is 0.128. The Morgan fingerprint density at radius 2 is 1.53 bits per heavy atom. The second-order valence-corrected chi connectivity index (χ2v) is 7.18. The summed E-state index contributed by atoms with van der Waals surface area (Å²) >= 11 is 0. The molecular formula is C27H20O7. The molecule has 0 atom stereocenters. The number of fused-ring (bicyclic) bond motifs is 1. The number of methoxy groups -OCH3 is 2. The number of benzene rings is 3. The van der Waals surface area contributed by atoms with Crippen LogP contribution in [0.2, 0.25) is 0 Å². The molecule has 0 radical (unpaired) electrons. The van der Waals surface area contributed by atoms with Crippen molar-refractivity contribution in [3.63, 3.8) is 0 Å². The molecule has 0 N–H and O–H groups in total. The summed E-state index contributed by atoms with van der Waals surface area (Å²) in [4.78, 5) is 37.9. The number of hydrogen-bond donors (Lipinski definition) is 0. The summed E-state index contributed by atoms with van der Waals surface area (Å²) in [6, 6.07) is 19.8. The van der Waals surface area contributed by atoms with Crippen LogP contribution in [0.1, 0.15) is 26.3 Å². The lowest BCUT2D eigenvalue weighted by Crippen LogP contribution is -2.19. The zero-order valence-corrected chi connectivity index (χ0v) is 18.4. The summed E-state index contributed by atoms with van der Waals surface area (Å²) in [6.07, 6.45) is 2.97. The largest absolute Gasteiger partial charge is 0.493 e. The highest BCUT2D eigenvalue weighted by atomic mass is 16.5. The molecule has 0 spiro atoms. The maximum Gasteiger partial charge on any atom is 0.351 e. The first-order valence-corrected chi connectivity index (χ1v) is 10.3. The molecule has 0 bridgehead atoms. The van der Waals surface area contributed by atoms with Crippen LogP contribution in [0.25, 0.3) is 17.0 Å². The van der Waals surface area contributed by atoms with E-state index >= 15 is 0 Å². The highest BCUT2D eigenvalue weighted by Crippen LogP contribution is 2.28. The minimum atomic E-state index is -0.913. The van der Waals surface area contributed by atoms with Gasteiger partial charge in [0.15, 0.2) is 17.3 Å². The number of ether oxygens (including phenoxy) is 3. The molecule has 0 aliphatic carbocycles. The fourth-order valence-corrected chi connectivity index (χ4v) is 3.34. The van der Waals surface area contributed by atoms with Crippen LogP contribution in [-0.4, -0.2) is 26.0 Å². The number of rotatable bonds is 7. The van der Waals surface area contributed by atoms with Gasteiger partial charge in [0.25, 0.3) is 0 Å². The lowest BCUT2D eigenvalue weighted by Gasteiger charge is -2.08. The first-order chi connectivity index (χ1) is 16.5. The molecule has 0 fully saturated rings. The van der Waals surface area contributed by atoms with Crippen LogP contribution in [0.15, 0.2) is 88.1 Å². The highest BCUT2D eigenvalue weighted by molar-refractivity contribution is 6.09. The molecule has 3 aromatic carbocycles. The van der Waals surface area contributed by atoms with Crippen LogP contribution in [0.5, 0.6) is 17.2 Å². The molecule has 4 rings (SSSR count). The molecule has 0 aliphatic rings. The van der Waals surface area contributed by atoms with Crippen LogP contribution in [-0.2, 0) is 0 Å². The second kappa shape index (κ2) is 9.87. The molecule has 4 aromatic rings. The number of carbonyl (C=O) groups is 2. The average molecular weight is 456 g/mol. The summed E-state index contributed by atoms with van der Waals surface area (Å²) in [5, 5.41) is 0.580. The Labute approximate surface area is 194 Å². The fourth-order valence-electron chi connectivity index (χ4n) is 3.34. The number of para-hydroxylation sites is 2. The maximum absolute atomic E-state index is 12.9. The molecule has 0 amide bonds. The maximum atomic E-state index is 12.9. The van der Waals surface area contributed by atoms with E-state index < -0.39 is 11.6 Å². The summed E-state index contributed by atoms with van der Waals surface area (Å²) in [7, 11) is 3.06. The van der Waals surface area contributed by atoms with Crippen molar-refractivity contribution < 1.29 is 28.2 Å². The highest BCUT2D eigenvalue weighted by Gasteiger charge is 2.19. The van der Waals surface area contributed by atoms with Gasteiger partial charge in [-0.25, -0.2) is 9.59 Å². The number of allylic oxidation sites excluding steroid dienone is 1. The minimum Gasteiger partial charge on any atom is -0.493 e. The van der Waals surface area contributed by atoms with Crippen molar-refractivity contribution in [3.05, 3.63) is 106 Å². The molecule has 0 unspecified atom stereocenters. The van der Waals surface area contributed by atoms with Gasteiger partial charge in [0.2, 0.25) is 0 Å². The Balaban J connectivity index is 1.58. The van der Waals surface area contributed by atoms with Crippen LogP contribution in [0.3, 0.4) is 0 Å². The lowest BCUT2D eigenvalue weighted by atomic mass is 10.1. The first-order valence-electron chi connectivity index (χ1n) is 10.3. The topological polar surface area (TPSA) is 92.0 Å². The number of hydrogen-bond acceptors (Lipinski definition) is 7. The van der Waals surface area contributed by atoms with Gasteiger partial charge in [-0.15, -0.1) is 0 Å². The van der Waals surface area contributed by atoms with Crippen LogP contribution in [0.4, 0.5) is 0 Å². The van der Waals surface area contributed by atoms with Crippen molar-refractivity contribution in [3.8, 4) is 17.2 Å². The number of esters is 1. The van der Waals surface area contributed by atoms with Gasteiger partial charge >= 0.3 is 11.6 Å². The number of carbonyl (C=O) groups excluding carboxylic acids is 2. The van der Waals surface area contributed by atoms with Gasteiger partial charge in [-0.05, 0) is 48.0 Å². The summed E-state index contributed by atoms with van der Waals surface area (Å²) in [5.74, 6) is -0.170. The van der Waals surface area contributed by atoms with E-state index in [-0.39, 0.29) is 22.7 Å². The molecule has 1 aromatic heterocycles. The molecule has 7 heteroatoms. The van der Waals surface area contributed by atoms with Gasteiger partial charge in [-0.1, -0.05) is 42.5 Å². The zero-order chi connectivity index (χ0) is 24.1. The minimum absolute atomic E-state index is 0.0296. The normalized spacial score (nSPS) is 10.9. The van der Waals surface area contributed by atoms with Crippen molar-refractivity contribution >= 4 is 28.8 Å². The Hall–Kier alpha value is -4.65. The van der Waals surface area contributed by atoms with Crippen LogP contribution in [0, 0.1) is 0 Å². The molecule has 34 heavy (non-hydrogen) atoms. The third-order valence-corrected chi connectivity index (χ3v) is 5.05. The van der Waals surface area contributed by atoms with Crippen molar-refractivity contribution in [2.75, 3.05) is 14.2 Å². The van der Waals surface area contributed by atoms with E-state index in [9.17, 15) is 14.4 Å². The smallest absolute Gasteiger partial charge is 0.351 e. The molecule has 1 heterocycles. The molecular weight excluding hydrogens is 436 g/mol. The van der Waals surface area contributed by atoms with Crippen molar-refractivity contribution in [2.45, 2.75) is 0 Å². The average Bonchev–Trinajstić information content (AvgIpc) is 2.86. The van der Waals surface area contributed by atoms with Gasteiger partial charge in [-0.2, -0.15) is 0 Å². The van der Waals surface area contributed by atoms with Gasteiger partial charge in [0.05, 0.1) is 19.8 Å². The van der Waals surface area contributed by atoms with E-state index in [1.165, 1.54) is 38.5 Å². The van der Waals surface area contributed by atoms with E-state index in [0.29, 0.717) is 28.0 Å². The van der Waals surface area contributed by atoms with E-state index in [1.54, 1.807) is 60.7 Å². The molecule has 0 saturated carbocycles. The van der Waals surface area contributed by atoms with Crippen molar-refractivity contribution in [1.29, 1.82) is 0 Å². The summed E-state index contributed by atoms with van der Waals surface area (Å²) in [6.45, 7) is 0. The molecule has 170 valence electrons. The third-order valence-electron chi connectivity index (χ3n) is 5.05. The SMILES string of the molecule is COc1ccc(/C=C/C(=O)c2ccccc2OC(=O)c2cc3ccccc3oc2=O)cc1OC. The monoisotopic (exact) mass is 456 g/mol. The van der Waals surface area contributed by atoms with E-state index in [0.717, 1.165) is 0 Å². The van der Waals surface area contributed by atoms with Gasteiger partial charge < -0.3 is 18.6 Å². The zero-order valence-electron chi connectivity index (χ0n) is 18.4.